The molecule has 1 amide bonds. The molecule has 1 fully saturated rings. The molecular weight excluding hydrogens is 370 g/mol. The van der Waals surface area contributed by atoms with Gasteiger partial charge in [0.25, 0.3) is 5.56 Å². The normalized spacial score (nSPS) is 16.5. The topological polar surface area (TPSA) is 90.6 Å². The summed E-state index contributed by atoms with van der Waals surface area (Å²) < 4.78 is 5.56. The maximum Gasteiger partial charge on any atom is 0.257 e. The number of carbonyl (C=O) groups excluding carboxylic acids is 1. The molecule has 0 radical (unpaired) electrons. The van der Waals surface area contributed by atoms with Gasteiger partial charge in [-0.05, 0) is 31.9 Å². The van der Waals surface area contributed by atoms with E-state index in [1.165, 1.54) is 0 Å². The fraction of sp³-hybridized carbons (Fsp3) is 0.476. The summed E-state index contributed by atoms with van der Waals surface area (Å²) in [6, 6.07) is 7.39. The van der Waals surface area contributed by atoms with Crippen molar-refractivity contribution in [3.05, 3.63) is 45.9 Å². The van der Waals surface area contributed by atoms with Gasteiger partial charge in [-0.15, -0.1) is 0 Å². The molecule has 0 bridgehead atoms. The fourth-order valence-corrected chi connectivity index (χ4v) is 3.93. The SMILES string of the molecule is CCOc1ccccc1NC(=O)CN1CCc2nc(N3CCCC3)[nH]c(=O)c2C1. The fourth-order valence-electron chi connectivity index (χ4n) is 3.93. The molecule has 154 valence electrons. The van der Waals surface area contributed by atoms with Crippen LogP contribution in [0.3, 0.4) is 0 Å². The Bertz CT molecular complexity index is 936. The molecule has 1 aromatic heterocycles. The lowest BCUT2D eigenvalue weighted by molar-refractivity contribution is -0.117. The number of H-pyrrole nitrogens is 1. The average Bonchev–Trinajstić information content (AvgIpc) is 3.25. The maximum absolute atomic E-state index is 12.6. The van der Waals surface area contributed by atoms with Crippen LogP contribution in [0.15, 0.2) is 29.1 Å². The van der Waals surface area contributed by atoms with Gasteiger partial charge in [-0.25, -0.2) is 4.98 Å². The van der Waals surface area contributed by atoms with Crippen molar-refractivity contribution in [1.82, 2.24) is 14.9 Å². The van der Waals surface area contributed by atoms with Crippen LogP contribution in [0.25, 0.3) is 0 Å². The number of nitrogens with one attached hydrogen (secondary N) is 2. The lowest BCUT2D eigenvalue weighted by atomic mass is 10.1. The standard InChI is InChI=1S/C21H27N5O3/c1-2-29-18-8-4-3-7-17(18)22-19(27)14-25-12-9-16-15(13-25)20(28)24-21(23-16)26-10-5-6-11-26/h3-4,7-8H,2,5-6,9-14H2,1H3,(H,22,27)(H,23,24,28). The van der Waals surface area contributed by atoms with Crippen LogP contribution in [-0.2, 0) is 17.8 Å². The Labute approximate surface area is 169 Å². The molecule has 4 rings (SSSR count). The van der Waals surface area contributed by atoms with E-state index in [-0.39, 0.29) is 18.0 Å². The van der Waals surface area contributed by atoms with Gasteiger partial charge in [-0.1, -0.05) is 12.1 Å². The molecule has 0 unspecified atom stereocenters. The molecule has 0 saturated carbocycles. The Morgan fingerprint density at radius 2 is 2.03 bits per heavy atom. The molecule has 0 aliphatic carbocycles. The van der Waals surface area contributed by atoms with Gasteiger partial charge < -0.3 is 15.0 Å². The quantitative estimate of drug-likeness (QED) is 0.772. The lowest BCUT2D eigenvalue weighted by Gasteiger charge is -2.28. The van der Waals surface area contributed by atoms with Crippen molar-refractivity contribution in [2.45, 2.75) is 32.7 Å². The number of rotatable bonds is 6. The number of fused-ring (bicyclic) bond motifs is 1. The van der Waals surface area contributed by atoms with E-state index < -0.39 is 0 Å². The summed E-state index contributed by atoms with van der Waals surface area (Å²) in [7, 11) is 0. The van der Waals surface area contributed by atoms with Crippen LogP contribution in [0.5, 0.6) is 5.75 Å². The summed E-state index contributed by atoms with van der Waals surface area (Å²) in [4.78, 5) is 36.9. The summed E-state index contributed by atoms with van der Waals surface area (Å²) >= 11 is 0. The number of aromatic nitrogens is 2. The van der Waals surface area contributed by atoms with Gasteiger partial charge in [-0.3, -0.25) is 19.5 Å². The van der Waals surface area contributed by atoms with E-state index in [1.54, 1.807) is 0 Å². The van der Waals surface area contributed by atoms with Gasteiger partial charge >= 0.3 is 0 Å². The van der Waals surface area contributed by atoms with Crippen molar-refractivity contribution in [1.29, 1.82) is 0 Å². The van der Waals surface area contributed by atoms with E-state index in [9.17, 15) is 9.59 Å². The third-order valence-electron chi connectivity index (χ3n) is 5.37. The number of benzene rings is 1. The van der Waals surface area contributed by atoms with Crippen LogP contribution in [0.2, 0.25) is 0 Å². The van der Waals surface area contributed by atoms with E-state index in [0.717, 1.165) is 31.6 Å². The van der Waals surface area contributed by atoms with E-state index in [0.29, 0.717) is 49.1 Å². The van der Waals surface area contributed by atoms with Crippen LogP contribution < -0.4 is 20.5 Å². The van der Waals surface area contributed by atoms with Crippen LogP contribution in [0.1, 0.15) is 31.0 Å². The molecule has 1 aromatic carbocycles. The molecule has 0 atom stereocenters. The zero-order valence-corrected chi connectivity index (χ0v) is 16.7. The summed E-state index contributed by atoms with van der Waals surface area (Å²) in [6.07, 6.45) is 2.94. The molecule has 0 spiro atoms. The van der Waals surface area contributed by atoms with E-state index in [4.69, 9.17) is 9.72 Å². The van der Waals surface area contributed by atoms with Crippen molar-refractivity contribution in [2.24, 2.45) is 0 Å². The van der Waals surface area contributed by atoms with Gasteiger partial charge in [0.1, 0.15) is 5.75 Å². The molecule has 3 heterocycles. The predicted octanol–water partition coefficient (Wildman–Crippen LogP) is 1.77. The van der Waals surface area contributed by atoms with Crippen molar-refractivity contribution in [3.63, 3.8) is 0 Å². The Morgan fingerprint density at radius 1 is 1.24 bits per heavy atom. The van der Waals surface area contributed by atoms with Crippen molar-refractivity contribution in [2.75, 3.05) is 43.0 Å². The van der Waals surface area contributed by atoms with Crippen LogP contribution in [-0.4, -0.2) is 53.6 Å². The largest absolute Gasteiger partial charge is 0.492 e. The van der Waals surface area contributed by atoms with Gasteiger partial charge in [-0.2, -0.15) is 0 Å². The second kappa shape index (κ2) is 8.65. The monoisotopic (exact) mass is 397 g/mol. The number of aromatic amines is 1. The highest BCUT2D eigenvalue weighted by Crippen LogP contribution is 2.24. The summed E-state index contributed by atoms with van der Waals surface area (Å²) in [5, 5.41) is 2.91. The number of carbonyl (C=O) groups is 1. The van der Waals surface area contributed by atoms with Crippen molar-refractivity contribution in [3.8, 4) is 5.75 Å². The van der Waals surface area contributed by atoms with Gasteiger partial charge in [0, 0.05) is 32.6 Å². The summed E-state index contributed by atoms with van der Waals surface area (Å²) in [5.41, 5.74) is 2.09. The number of nitrogens with zero attached hydrogens (tertiary/aromatic N) is 3. The van der Waals surface area contributed by atoms with Crippen molar-refractivity contribution < 1.29 is 9.53 Å². The van der Waals surface area contributed by atoms with Crippen LogP contribution >= 0.6 is 0 Å². The first-order valence-corrected chi connectivity index (χ1v) is 10.2. The highest BCUT2D eigenvalue weighted by molar-refractivity contribution is 5.93. The second-order valence-electron chi connectivity index (χ2n) is 7.45. The maximum atomic E-state index is 12.6. The third-order valence-corrected chi connectivity index (χ3v) is 5.37. The number of para-hydroxylation sites is 2. The first-order valence-electron chi connectivity index (χ1n) is 10.2. The van der Waals surface area contributed by atoms with E-state index >= 15 is 0 Å². The number of anilines is 2. The van der Waals surface area contributed by atoms with Crippen LogP contribution in [0.4, 0.5) is 11.6 Å². The Kier molecular flexibility index (Phi) is 5.80. The summed E-state index contributed by atoms with van der Waals surface area (Å²) in [6.45, 7) is 5.67. The number of hydrogen-bond acceptors (Lipinski definition) is 6. The predicted molar refractivity (Wildman–Crippen MR) is 112 cm³/mol. The molecule has 2 N–H and O–H groups in total. The van der Waals surface area contributed by atoms with Gasteiger partial charge in [0.15, 0.2) is 0 Å². The van der Waals surface area contributed by atoms with E-state index in [2.05, 4.69) is 15.2 Å². The molecule has 8 heteroatoms. The average molecular weight is 397 g/mol. The Hall–Kier alpha value is -2.87. The smallest absolute Gasteiger partial charge is 0.257 e. The second-order valence-corrected chi connectivity index (χ2v) is 7.45. The molecule has 29 heavy (non-hydrogen) atoms. The van der Waals surface area contributed by atoms with Crippen molar-refractivity contribution >= 4 is 17.5 Å². The van der Waals surface area contributed by atoms with Gasteiger partial charge in [0.2, 0.25) is 11.9 Å². The highest BCUT2D eigenvalue weighted by Gasteiger charge is 2.24. The van der Waals surface area contributed by atoms with Crippen LogP contribution in [0, 0.1) is 0 Å². The highest BCUT2D eigenvalue weighted by atomic mass is 16.5. The molecule has 2 aliphatic heterocycles. The van der Waals surface area contributed by atoms with E-state index in [1.807, 2.05) is 36.1 Å². The zero-order valence-electron chi connectivity index (χ0n) is 16.7. The Balaban J connectivity index is 1.41. The number of ether oxygens (including phenoxy) is 1. The number of hydrogen-bond donors (Lipinski definition) is 2. The zero-order chi connectivity index (χ0) is 20.2. The molecular formula is C21H27N5O3. The molecule has 2 aliphatic rings. The molecule has 2 aromatic rings. The first-order chi connectivity index (χ1) is 14.1. The molecule has 8 nitrogen and oxygen atoms in total. The lowest BCUT2D eigenvalue weighted by Crippen LogP contribution is -2.40. The minimum absolute atomic E-state index is 0.0938. The third kappa shape index (κ3) is 4.42. The molecule has 1 saturated heterocycles. The minimum Gasteiger partial charge on any atom is -0.492 e. The Morgan fingerprint density at radius 3 is 2.83 bits per heavy atom. The number of amides is 1. The minimum atomic E-state index is -0.126. The van der Waals surface area contributed by atoms with Gasteiger partial charge in [0.05, 0.1) is 30.1 Å². The summed E-state index contributed by atoms with van der Waals surface area (Å²) in [5.74, 6) is 1.21. The first kappa shape index (κ1) is 19.4.